The minimum atomic E-state index is 0.724. The smallest absolute Gasteiger partial charge is 0.000413 e. The van der Waals surface area contributed by atoms with Gasteiger partial charge in [0.25, 0.3) is 0 Å². The van der Waals surface area contributed by atoms with Crippen molar-refractivity contribution < 1.29 is 0 Å². The first-order valence-electron chi connectivity index (χ1n) is 3.69. The van der Waals surface area contributed by atoms with Crippen molar-refractivity contribution in [1.82, 2.24) is 0 Å². The Bertz CT molecular complexity index is 115. The minimum absolute atomic E-state index is 0.724. The van der Waals surface area contributed by atoms with Gasteiger partial charge in [-0.05, 0) is 29.8 Å². The molecule has 1 aliphatic rings. The van der Waals surface area contributed by atoms with Gasteiger partial charge in [0.15, 0.2) is 0 Å². The lowest BCUT2D eigenvalue weighted by molar-refractivity contribution is 0.541. The van der Waals surface area contributed by atoms with Gasteiger partial charge in [-0.25, -0.2) is 0 Å². The molecule has 1 aliphatic heterocycles. The molecule has 0 aromatic heterocycles. The van der Waals surface area contributed by atoms with Gasteiger partial charge in [0, 0.05) is 0 Å². The van der Waals surface area contributed by atoms with Crippen molar-refractivity contribution in [2.24, 2.45) is 11.8 Å². The van der Waals surface area contributed by atoms with Crippen molar-refractivity contribution >= 4 is 11.8 Å². The normalized spacial score (nSPS) is 33.2. The van der Waals surface area contributed by atoms with Gasteiger partial charge in [-0.2, -0.15) is 11.8 Å². The number of hydrogen-bond acceptors (Lipinski definition) is 1. The Morgan fingerprint density at radius 3 is 2.00 bits per heavy atom. The van der Waals surface area contributed by atoms with Crippen LogP contribution >= 0.6 is 11.8 Å². The van der Waals surface area contributed by atoms with Crippen molar-refractivity contribution in [3.8, 4) is 0 Å². The summed E-state index contributed by atoms with van der Waals surface area (Å²) in [7, 11) is 0. The van der Waals surface area contributed by atoms with Crippen molar-refractivity contribution in [3.05, 3.63) is 25.3 Å². The fraction of sp³-hybridized carbons (Fsp3) is 0.556. The second-order valence-corrected chi connectivity index (χ2v) is 3.84. The summed E-state index contributed by atoms with van der Waals surface area (Å²) < 4.78 is 0. The molecule has 10 heavy (non-hydrogen) atoms. The van der Waals surface area contributed by atoms with Crippen LogP contribution in [0.1, 0.15) is 6.42 Å². The van der Waals surface area contributed by atoms with Gasteiger partial charge in [0.1, 0.15) is 0 Å². The number of allylic oxidation sites excluding steroid dienone is 2. The average molecular weight is 154 g/mol. The van der Waals surface area contributed by atoms with Crippen LogP contribution in [0, 0.1) is 11.8 Å². The van der Waals surface area contributed by atoms with Crippen LogP contribution in [0.15, 0.2) is 25.3 Å². The zero-order chi connectivity index (χ0) is 7.40. The summed E-state index contributed by atoms with van der Waals surface area (Å²) in [4.78, 5) is 0. The molecular formula is C9H14S. The third-order valence-corrected chi connectivity index (χ3v) is 3.26. The van der Waals surface area contributed by atoms with E-state index in [1.807, 2.05) is 11.8 Å². The average Bonchev–Trinajstić information content (AvgIpc) is 2.05. The second-order valence-electron chi connectivity index (χ2n) is 2.76. The molecule has 0 aliphatic carbocycles. The molecule has 0 saturated carbocycles. The maximum Gasteiger partial charge on any atom is -0.000413 e. The van der Waals surface area contributed by atoms with Crippen LogP contribution in [0.25, 0.3) is 0 Å². The van der Waals surface area contributed by atoms with Crippen LogP contribution in [0.4, 0.5) is 0 Å². The fourth-order valence-corrected chi connectivity index (χ4v) is 2.51. The van der Waals surface area contributed by atoms with Crippen LogP contribution in [0.3, 0.4) is 0 Å². The van der Waals surface area contributed by atoms with E-state index in [1.165, 1.54) is 17.9 Å². The highest BCUT2D eigenvalue weighted by Crippen LogP contribution is 2.28. The van der Waals surface area contributed by atoms with Gasteiger partial charge in [0.05, 0.1) is 0 Å². The summed E-state index contributed by atoms with van der Waals surface area (Å²) in [6, 6.07) is 0. The van der Waals surface area contributed by atoms with Crippen molar-refractivity contribution in [3.63, 3.8) is 0 Å². The third-order valence-electron chi connectivity index (χ3n) is 1.94. The molecule has 0 bridgehead atoms. The van der Waals surface area contributed by atoms with E-state index >= 15 is 0 Å². The zero-order valence-corrected chi connectivity index (χ0v) is 7.07. The van der Waals surface area contributed by atoms with E-state index in [9.17, 15) is 0 Å². The molecule has 1 rings (SSSR count). The van der Waals surface area contributed by atoms with E-state index < -0.39 is 0 Å². The standard InChI is InChI=1S/C9H14S/c1-3-8-5-9(4-2)7-10-6-8/h3-4,8-9H,1-2,5-7H2. The lowest BCUT2D eigenvalue weighted by atomic mass is 9.97. The maximum absolute atomic E-state index is 3.81. The molecule has 0 nitrogen and oxygen atoms in total. The highest BCUT2D eigenvalue weighted by Gasteiger charge is 2.16. The van der Waals surface area contributed by atoms with Crippen LogP contribution in [-0.4, -0.2) is 11.5 Å². The Labute approximate surface area is 67.4 Å². The van der Waals surface area contributed by atoms with E-state index in [0.717, 1.165) is 11.8 Å². The van der Waals surface area contributed by atoms with Crippen molar-refractivity contribution in [2.45, 2.75) is 6.42 Å². The summed E-state index contributed by atoms with van der Waals surface area (Å²) >= 11 is 2.02. The molecule has 0 aromatic carbocycles. The Kier molecular flexibility index (Phi) is 3.07. The molecule has 1 fully saturated rings. The predicted molar refractivity (Wildman–Crippen MR) is 49.3 cm³/mol. The lowest BCUT2D eigenvalue weighted by Gasteiger charge is -2.23. The molecule has 0 aromatic rings. The Morgan fingerprint density at radius 1 is 1.10 bits per heavy atom. The van der Waals surface area contributed by atoms with Gasteiger partial charge < -0.3 is 0 Å². The molecule has 0 spiro atoms. The molecule has 0 N–H and O–H groups in total. The topological polar surface area (TPSA) is 0 Å². The largest absolute Gasteiger partial charge is 0.161 e. The Morgan fingerprint density at radius 2 is 1.60 bits per heavy atom. The zero-order valence-electron chi connectivity index (χ0n) is 6.25. The predicted octanol–water partition coefficient (Wildman–Crippen LogP) is 2.73. The van der Waals surface area contributed by atoms with E-state index in [4.69, 9.17) is 0 Å². The highest BCUT2D eigenvalue weighted by atomic mass is 32.2. The first-order valence-corrected chi connectivity index (χ1v) is 4.85. The summed E-state index contributed by atoms with van der Waals surface area (Å²) in [6.45, 7) is 7.61. The quantitative estimate of drug-likeness (QED) is 0.551. The van der Waals surface area contributed by atoms with Gasteiger partial charge in [-0.3, -0.25) is 0 Å². The molecule has 1 saturated heterocycles. The minimum Gasteiger partial charge on any atom is -0.161 e. The summed E-state index contributed by atoms with van der Waals surface area (Å²) in [5.74, 6) is 3.96. The third kappa shape index (κ3) is 1.91. The molecule has 0 radical (unpaired) electrons. The highest BCUT2D eigenvalue weighted by molar-refractivity contribution is 7.99. The molecular weight excluding hydrogens is 140 g/mol. The van der Waals surface area contributed by atoms with Gasteiger partial charge in [0.2, 0.25) is 0 Å². The number of thioether (sulfide) groups is 1. The number of hydrogen-bond donors (Lipinski definition) is 0. The molecule has 0 amide bonds. The molecule has 1 heterocycles. The van der Waals surface area contributed by atoms with Gasteiger partial charge in [-0.15, -0.1) is 13.2 Å². The Hall–Kier alpha value is -0.170. The van der Waals surface area contributed by atoms with E-state index in [1.54, 1.807) is 0 Å². The monoisotopic (exact) mass is 154 g/mol. The maximum atomic E-state index is 3.81. The van der Waals surface area contributed by atoms with Crippen molar-refractivity contribution in [2.75, 3.05) is 11.5 Å². The molecule has 2 unspecified atom stereocenters. The summed E-state index contributed by atoms with van der Waals surface area (Å²) in [5, 5.41) is 0. The molecule has 56 valence electrons. The van der Waals surface area contributed by atoms with Crippen LogP contribution in [-0.2, 0) is 0 Å². The first kappa shape index (κ1) is 7.93. The summed E-state index contributed by atoms with van der Waals surface area (Å²) in [6.07, 6.45) is 5.41. The van der Waals surface area contributed by atoms with Gasteiger partial charge in [-0.1, -0.05) is 12.2 Å². The van der Waals surface area contributed by atoms with Gasteiger partial charge >= 0.3 is 0 Å². The van der Waals surface area contributed by atoms with Crippen LogP contribution in [0.5, 0.6) is 0 Å². The van der Waals surface area contributed by atoms with Crippen molar-refractivity contribution in [1.29, 1.82) is 0 Å². The Balaban J connectivity index is 2.38. The van der Waals surface area contributed by atoms with E-state index in [0.29, 0.717) is 0 Å². The lowest BCUT2D eigenvalue weighted by Crippen LogP contribution is -2.15. The second kappa shape index (κ2) is 3.87. The van der Waals surface area contributed by atoms with E-state index in [2.05, 4.69) is 25.3 Å². The van der Waals surface area contributed by atoms with E-state index in [-0.39, 0.29) is 0 Å². The molecule has 1 heteroatoms. The van der Waals surface area contributed by atoms with Crippen LogP contribution in [0.2, 0.25) is 0 Å². The fourth-order valence-electron chi connectivity index (χ4n) is 1.22. The van der Waals surface area contributed by atoms with Crippen LogP contribution < -0.4 is 0 Å². The number of rotatable bonds is 2. The SMILES string of the molecule is C=CC1CSCC(C=C)C1. The molecule has 2 atom stereocenters. The summed E-state index contributed by atoms with van der Waals surface area (Å²) in [5.41, 5.74) is 0. The first-order chi connectivity index (χ1) is 4.86.